The van der Waals surface area contributed by atoms with Crippen LogP contribution in [0, 0.1) is 0 Å². The molecule has 0 spiro atoms. The molecular weight excluding hydrogens is 248 g/mol. The Bertz CT molecular complexity index is 408. The van der Waals surface area contributed by atoms with Crippen molar-refractivity contribution in [1.82, 2.24) is 20.0 Å². The van der Waals surface area contributed by atoms with Crippen molar-refractivity contribution in [3.8, 4) is 0 Å². The monoisotopic (exact) mass is 278 g/mol. The van der Waals surface area contributed by atoms with Crippen LogP contribution in [-0.4, -0.2) is 45.9 Å². The Morgan fingerprint density at radius 2 is 2.10 bits per heavy atom. The van der Waals surface area contributed by atoms with E-state index in [-0.39, 0.29) is 0 Å². The molecule has 0 radical (unpaired) electrons. The molecule has 20 heavy (non-hydrogen) atoms. The highest BCUT2D eigenvalue weighted by atomic mass is 15.3. The van der Waals surface area contributed by atoms with Crippen molar-refractivity contribution in [3.05, 3.63) is 18.0 Å². The van der Waals surface area contributed by atoms with Crippen LogP contribution in [0.1, 0.15) is 45.7 Å². The lowest BCUT2D eigenvalue weighted by Crippen LogP contribution is -2.63. The summed E-state index contributed by atoms with van der Waals surface area (Å²) in [6.07, 6.45) is 6.63. The summed E-state index contributed by atoms with van der Waals surface area (Å²) < 4.78 is 2.00. The summed E-state index contributed by atoms with van der Waals surface area (Å²) in [5, 5.41) is 8.07. The van der Waals surface area contributed by atoms with Gasteiger partial charge in [-0.2, -0.15) is 5.10 Å². The summed E-state index contributed by atoms with van der Waals surface area (Å²) in [5.74, 6) is 0. The molecule has 0 aromatic carbocycles. The van der Waals surface area contributed by atoms with Crippen LogP contribution in [-0.2, 0) is 13.5 Å². The first-order valence-corrected chi connectivity index (χ1v) is 8.10. The second-order valence-corrected chi connectivity index (χ2v) is 6.10. The zero-order valence-corrected chi connectivity index (χ0v) is 13.5. The van der Waals surface area contributed by atoms with Gasteiger partial charge in [-0.1, -0.05) is 20.8 Å². The number of piperazine rings is 1. The molecule has 114 valence electrons. The number of nitrogens with one attached hydrogen (secondary N) is 1. The molecule has 1 N–H and O–H groups in total. The number of hydrogen-bond donors (Lipinski definition) is 1. The van der Waals surface area contributed by atoms with E-state index in [1.165, 1.54) is 31.5 Å². The molecule has 1 aromatic rings. The van der Waals surface area contributed by atoms with Crippen molar-refractivity contribution in [2.24, 2.45) is 7.05 Å². The fourth-order valence-corrected chi connectivity index (χ4v) is 3.33. The van der Waals surface area contributed by atoms with Gasteiger partial charge in [0.1, 0.15) is 0 Å². The molecular formula is C16H30N4. The van der Waals surface area contributed by atoms with Gasteiger partial charge in [-0.15, -0.1) is 0 Å². The van der Waals surface area contributed by atoms with Crippen LogP contribution in [0.2, 0.25) is 0 Å². The van der Waals surface area contributed by atoms with Crippen LogP contribution >= 0.6 is 0 Å². The van der Waals surface area contributed by atoms with Gasteiger partial charge in [0.15, 0.2) is 0 Å². The summed E-state index contributed by atoms with van der Waals surface area (Å²) in [6.45, 7) is 10.4. The van der Waals surface area contributed by atoms with E-state index in [0.29, 0.717) is 11.6 Å². The van der Waals surface area contributed by atoms with Gasteiger partial charge in [-0.05, 0) is 25.3 Å². The van der Waals surface area contributed by atoms with E-state index < -0.39 is 0 Å². The molecule has 1 fully saturated rings. The lowest BCUT2D eigenvalue weighted by atomic mass is 9.88. The van der Waals surface area contributed by atoms with Crippen molar-refractivity contribution in [1.29, 1.82) is 0 Å². The third-order valence-electron chi connectivity index (χ3n) is 5.14. The number of nitrogens with zero attached hydrogens (tertiary/aromatic N) is 3. The Morgan fingerprint density at radius 3 is 2.65 bits per heavy atom. The molecule has 4 heteroatoms. The number of aryl methyl sites for hydroxylation is 1. The highest BCUT2D eigenvalue weighted by Gasteiger charge is 2.35. The zero-order chi connectivity index (χ0) is 14.6. The summed E-state index contributed by atoms with van der Waals surface area (Å²) in [5.41, 5.74) is 1.65. The fraction of sp³-hybridized carbons (Fsp3) is 0.812. The molecule has 0 bridgehead atoms. The predicted octanol–water partition coefficient (Wildman–Crippen LogP) is 2.21. The predicted molar refractivity (Wildman–Crippen MR) is 83.9 cm³/mol. The van der Waals surface area contributed by atoms with Gasteiger partial charge >= 0.3 is 0 Å². The van der Waals surface area contributed by atoms with Gasteiger partial charge in [0.25, 0.3) is 0 Å². The van der Waals surface area contributed by atoms with E-state index in [0.717, 1.165) is 19.5 Å². The molecule has 1 aromatic heterocycles. The highest BCUT2D eigenvalue weighted by Crippen LogP contribution is 2.24. The Kier molecular flexibility index (Phi) is 5.22. The molecule has 0 saturated carbocycles. The zero-order valence-electron chi connectivity index (χ0n) is 13.5. The molecule has 1 saturated heterocycles. The fourth-order valence-electron chi connectivity index (χ4n) is 3.33. The minimum Gasteiger partial charge on any atom is -0.308 e. The lowest BCUT2D eigenvalue weighted by molar-refractivity contribution is 0.0712. The molecule has 2 heterocycles. The van der Waals surface area contributed by atoms with E-state index in [9.17, 15) is 0 Å². The smallest absolute Gasteiger partial charge is 0.0492 e. The molecule has 1 aliphatic rings. The molecule has 2 rings (SSSR count). The van der Waals surface area contributed by atoms with Crippen LogP contribution in [0.25, 0.3) is 0 Å². The molecule has 1 atom stereocenters. The Labute approximate surface area is 123 Å². The van der Waals surface area contributed by atoms with Crippen LogP contribution in [0.15, 0.2) is 12.3 Å². The van der Waals surface area contributed by atoms with Crippen LogP contribution in [0.3, 0.4) is 0 Å². The normalized spacial score (nSPS) is 23.1. The number of aromatic nitrogens is 2. The second kappa shape index (κ2) is 6.72. The van der Waals surface area contributed by atoms with E-state index in [4.69, 9.17) is 0 Å². The van der Waals surface area contributed by atoms with E-state index >= 15 is 0 Å². The topological polar surface area (TPSA) is 33.1 Å². The first-order chi connectivity index (χ1) is 9.64. The van der Waals surface area contributed by atoms with Crippen LogP contribution in [0.5, 0.6) is 0 Å². The maximum Gasteiger partial charge on any atom is 0.0492 e. The molecule has 1 unspecified atom stereocenters. The highest BCUT2D eigenvalue weighted by molar-refractivity contribution is 5.02. The third-order valence-corrected chi connectivity index (χ3v) is 5.14. The number of hydrogen-bond acceptors (Lipinski definition) is 3. The van der Waals surface area contributed by atoms with Gasteiger partial charge in [-0.3, -0.25) is 9.58 Å². The van der Waals surface area contributed by atoms with Crippen molar-refractivity contribution in [2.75, 3.05) is 19.6 Å². The van der Waals surface area contributed by atoms with Crippen LogP contribution < -0.4 is 5.32 Å². The van der Waals surface area contributed by atoms with Crippen molar-refractivity contribution in [2.45, 2.75) is 58.0 Å². The van der Waals surface area contributed by atoms with Crippen molar-refractivity contribution in [3.63, 3.8) is 0 Å². The second-order valence-electron chi connectivity index (χ2n) is 6.10. The molecule has 0 amide bonds. The maximum absolute atomic E-state index is 4.27. The van der Waals surface area contributed by atoms with E-state index in [2.05, 4.69) is 42.2 Å². The SMILES string of the molecule is CCC1CNC(CC)(CC)CN1CCc1ccnn1C. The van der Waals surface area contributed by atoms with Gasteiger partial charge < -0.3 is 5.32 Å². The summed E-state index contributed by atoms with van der Waals surface area (Å²) in [7, 11) is 2.03. The largest absolute Gasteiger partial charge is 0.308 e. The quantitative estimate of drug-likeness (QED) is 0.866. The Morgan fingerprint density at radius 1 is 1.35 bits per heavy atom. The minimum absolute atomic E-state index is 0.318. The van der Waals surface area contributed by atoms with Gasteiger partial charge in [0.05, 0.1) is 0 Å². The maximum atomic E-state index is 4.27. The summed E-state index contributed by atoms with van der Waals surface area (Å²) in [6, 6.07) is 2.81. The van der Waals surface area contributed by atoms with Crippen LogP contribution in [0.4, 0.5) is 0 Å². The standard InChI is InChI=1S/C16H30N4/c1-5-14-12-17-16(6-2,7-3)13-20(14)11-9-15-8-10-18-19(15)4/h8,10,14,17H,5-7,9,11-13H2,1-4H3. The molecule has 4 nitrogen and oxygen atoms in total. The Hall–Kier alpha value is -0.870. The number of rotatable bonds is 6. The third kappa shape index (κ3) is 3.23. The average molecular weight is 278 g/mol. The first kappa shape index (κ1) is 15.5. The van der Waals surface area contributed by atoms with E-state index in [1.807, 2.05) is 17.9 Å². The van der Waals surface area contributed by atoms with Crippen molar-refractivity contribution >= 4 is 0 Å². The van der Waals surface area contributed by atoms with Gasteiger partial charge in [-0.25, -0.2) is 0 Å². The molecule has 0 aliphatic carbocycles. The Balaban J connectivity index is 2.00. The summed E-state index contributed by atoms with van der Waals surface area (Å²) in [4.78, 5) is 2.69. The summed E-state index contributed by atoms with van der Waals surface area (Å²) >= 11 is 0. The van der Waals surface area contributed by atoms with Gasteiger partial charge in [0, 0.05) is 56.6 Å². The minimum atomic E-state index is 0.318. The van der Waals surface area contributed by atoms with E-state index in [1.54, 1.807) is 0 Å². The lowest BCUT2D eigenvalue weighted by Gasteiger charge is -2.47. The van der Waals surface area contributed by atoms with Crippen molar-refractivity contribution < 1.29 is 0 Å². The average Bonchev–Trinajstić information content (AvgIpc) is 2.90. The molecule has 1 aliphatic heterocycles. The van der Waals surface area contributed by atoms with Gasteiger partial charge in [0.2, 0.25) is 0 Å². The first-order valence-electron chi connectivity index (χ1n) is 8.10.